The summed E-state index contributed by atoms with van der Waals surface area (Å²) in [5.41, 5.74) is 5.42. The molecule has 1 fully saturated rings. The zero-order chi connectivity index (χ0) is 13.4. The number of sulfone groups is 1. The topological polar surface area (TPSA) is 135 Å². The third-order valence-electron chi connectivity index (χ3n) is 2.81. The first-order valence-electron chi connectivity index (χ1n) is 5.29. The highest BCUT2D eigenvalue weighted by Gasteiger charge is 2.29. The van der Waals surface area contributed by atoms with Crippen LogP contribution < -0.4 is 10.5 Å². The van der Waals surface area contributed by atoms with E-state index in [9.17, 15) is 16.8 Å². The van der Waals surface area contributed by atoms with E-state index < -0.39 is 19.9 Å². The van der Waals surface area contributed by atoms with Gasteiger partial charge < -0.3 is 5.73 Å². The Labute approximate surface area is 105 Å². The largest absolute Gasteiger partial charge is 0.383 e. The third kappa shape index (κ3) is 2.82. The van der Waals surface area contributed by atoms with E-state index in [2.05, 4.69) is 14.9 Å². The quantitative estimate of drug-likeness (QED) is 0.632. The number of H-pyrrole nitrogens is 1. The molecule has 0 bridgehead atoms. The molecule has 0 radical (unpaired) electrons. The van der Waals surface area contributed by atoms with Gasteiger partial charge in [0.15, 0.2) is 9.84 Å². The number of hydrogen-bond acceptors (Lipinski definition) is 6. The van der Waals surface area contributed by atoms with Crippen LogP contribution in [0.3, 0.4) is 0 Å². The van der Waals surface area contributed by atoms with Crippen molar-refractivity contribution in [1.29, 1.82) is 0 Å². The summed E-state index contributed by atoms with van der Waals surface area (Å²) in [6.07, 6.45) is 1.59. The Morgan fingerprint density at radius 1 is 1.56 bits per heavy atom. The van der Waals surface area contributed by atoms with E-state index in [0.29, 0.717) is 6.42 Å². The minimum atomic E-state index is -3.74. The summed E-state index contributed by atoms with van der Waals surface area (Å²) in [5.74, 6) is -0.0802. The minimum Gasteiger partial charge on any atom is -0.383 e. The van der Waals surface area contributed by atoms with E-state index in [1.165, 1.54) is 0 Å². The molecule has 1 aliphatic rings. The van der Waals surface area contributed by atoms with Gasteiger partial charge in [-0.05, 0) is 12.3 Å². The van der Waals surface area contributed by atoms with Gasteiger partial charge in [-0.1, -0.05) is 0 Å². The fraction of sp³-hybridized carbons (Fsp3) is 0.625. The van der Waals surface area contributed by atoms with Gasteiger partial charge in [0.05, 0.1) is 17.7 Å². The van der Waals surface area contributed by atoms with Gasteiger partial charge in [0.1, 0.15) is 10.7 Å². The van der Waals surface area contributed by atoms with Crippen molar-refractivity contribution in [3.05, 3.63) is 6.20 Å². The molecule has 0 aromatic carbocycles. The molecule has 10 heteroatoms. The number of nitrogens with two attached hydrogens (primary N) is 1. The molecule has 0 spiro atoms. The van der Waals surface area contributed by atoms with Crippen LogP contribution in [-0.4, -0.2) is 45.1 Å². The lowest BCUT2D eigenvalue weighted by molar-refractivity contribution is 0.543. The van der Waals surface area contributed by atoms with Gasteiger partial charge in [-0.2, -0.15) is 5.10 Å². The van der Waals surface area contributed by atoms with Gasteiger partial charge in [-0.15, -0.1) is 0 Å². The number of nitrogens with one attached hydrogen (secondary N) is 2. The van der Waals surface area contributed by atoms with E-state index in [1.54, 1.807) is 0 Å². The molecule has 0 saturated carbocycles. The Hall–Kier alpha value is -1.13. The first-order valence-corrected chi connectivity index (χ1v) is 8.59. The van der Waals surface area contributed by atoms with Crippen LogP contribution in [0.15, 0.2) is 11.1 Å². The van der Waals surface area contributed by atoms with E-state index in [1.807, 2.05) is 0 Å². The molecule has 1 atom stereocenters. The Bertz CT molecular complexity index is 634. The Balaban J connectivity index is 2.01. The normalized spacial score (nSPS) is 23.2. The molecular weight excluding hydrogens is 280 g/mol. The van der Waals surface area contributed by atoms with Crippen LogP contribution >= 0.6 is 0 Å². The summed E-state index contributed by atoms with van der Waals surface area (Å²) in [6, 6.07) is 0. The summed E-state index contributed by atoms with van der Waals surface area (Å²) < 4.78 is 48.5. The molecular formula is C8H14N4O4S2. The van der Waals surface area contributed by atoms with Crippen molar-refractivity contribution in [2.75, 3.05) is 23.8 Å². The standard InChI is InChI=1S/C8H14N4O4S2/c9-8-7(4-10-12-8)18(15,16)11-3-6-1-2-17(13,14)5-6/h4,6,11H,1-3,5H2,(H3,9,10,12). The molecule has 0 aliphatic carbocycles. The fourth-order valence-corrected chi connectivity index (χ4v) is 4.84. The number of nitrogen functional groups attached to an aromatic ring is 1. The predicted octanol–water partition coefficient (Wildman–Crippen LogP) is -1.30. The lowest BCUT2D eigenvalue weighted by Gasteiger charge is -2.09. The van der Waals surface area contributed by atoms with Gasteiger partial charge in [-0.25, -0.2) is 21.6 Å². The van der Waals surface area contributed by atoms with Crippen LogP contribution in [0.5, 0.6) is 0 Å². The van der Waals surface area contributed by atoms with Crippen molar-refractivity contribution in [3.8, 4) is 0 Å². The second-order valence-corrected chi connectivity index (χ2v) is 8.23. The first kappa shape index (κ1) is 13.3. The first-order chi connectivity index (χ1) is 8.30. The van der Waals surface area contributed by atoms with Gasteiger partial charge >= 0.3 is 0 Å². The number of rotatable bonds is 4. The summed E-state index contributed by atoms with van der Waals surface area (Å²) in [5, 5.41) is 5.85. The Morgan fingerprint density at radius 3 is 2.78 bits per heavy atom. The molecule has 2 heterocycles. The van der Waals surface area contributed by atoms with E-state index in [-0.39, 0.29) is 34.7 Å². The number of hydrogen-bond donors (Lipinski definition) is 3. The molecule has 1 aromatic rings. The van der Waals surface area contributed by atoms with Crippen molar-refractivity contribution in [2.45, 2.75) is 11.3 Å². The van der Waals surface area contributed by atoms with Gasteiger partial charge in [0.25, 0.3) is 0 Å². The third-order valence-corrected chi connectivity index (χ3v) is 6.10. The predicted molar refractivity (Wildman–Crippen MR) is 64.9 cm³/mol. The van der Waals surface area contributed by atoms with Crippen LogP contribution in [0, 0.1) is 5.92 Å². The van der Waals surface area contributed by atoms with Crippen LogP contribution in [0.25, 0.3) is 0 Å². The minimum absolute atomic E-state index is 0.0242. The maximum absolute atomic E-state index is 11.8. The van der Waals surface area contributed by atoms with Crippen LogP contribution in [0.1, 0.15) is 6.42 Å². The molecule has 1 aromatic heterocycles. The zero-order valence-corrected chi connectivity index (χ0v) is 11.1. The van der Waals surface area contributed by atoms with Gasteiger partial charge in [-0.3, -0.25) is 5.10 Å². The monoisotopic (exact) mass is 294 g/mol. The average molecular weight is 294 g/mol. The molecule has 1 aliphatic heterocycles. The lowest BCUT2D eigenvalue weighted by atomic mass is 10.1. The molecule has 18 heavy (non-hydrogen) atoms. The van der Waals surface area contributed by atoms with Crippen molar-refractivity contribution in [3.63, 3.8) is 0 Å². The SMILES string of the molecule is Nc1[nH]ncc1S(=O)(=O)NCC1CCS(=O)(=O)C1. The molecule has 8 nitrogen and oxygen atoms in total. The highest BCUT2D eigenvalue weighted by atomic mass is 32.2. The maximum atomic E-state index is 11.8. The Morgan fingerprint density at radius 2 is 2.28 bits per heavy atom. The highest BCUT2D eigenvalue weighted by molar-refractivity contribution is 7.91. The maximum Gasteiger partial charge on any atom is 0.245 e. The second-order valence-electron chi connectivity index (χ2n) is 4.27. The van der Waals surface area contributed by atoms with Crippen molar-refractivity contribution in [1.82, 2.24) is 14.9 Å². The van der Waals surface area contributed by atoms with E-state index in [0.717, 1.165) is 6.20 Å². The van der Waals surface area contributed by atoms with Crippen LogP contribution in [0.2, 0.25) is 0 Å². The molecule has 102 valence electrons. The molecule has 1 unspecified atom stereocenters. The van der Waals surface area contributed by atoms with Crippen molar-refractivity contribution < 1.29 is 16.8 Å². The number of aromatic amines is 1. The summed E-state index contributed by atoms with van der Waals surface area (Å²) in [4.78, 5) is -0.122. The smallest absolute Gasteiger partial charge is 0.245 e. The van der Waals surface area contributed by atoms with Crippen molar-refractivity contribution in [2.24, 2.45) is 5.92 Å². The lowest BCUT2D eigenvalue weighted by Crippen LogP contribution is -2.30. The van der Waals surface area contributed by atoms with Crippen molar-refractivity contribution >= 4 is 25.7 Å². The summed E-state index contributed by atoms with van der Waals surface area (Å²) in [6.45, 7) is 0.0895. The number of nitrogens with zero attached hydrogens (tertiary/aromatic N) is 1. The van der Waals surface area contributed by atoms with Gasteiger partial charge in [0, 0.05) is 6.54 Å². The Kier molecular flexibility index (Phi) is 3.34. The number of sulfonamides is 1. The molecule has 1 saturated heterocycles. The molecule has 2 rings (SSSR count). The number of anilines is 1. The van der Waals surface area contributed by atoms with Crippen LogP contribution in [-0.2, 0) is 19.9 Å². The average Bonchev–Trinajstić information content (AvgIpc) is 2.82. The summed E-state index contributed by atoms with van der Waals surface area (Å²) >= 11 is 0. The van der Waals surface area contributed by atoms with Gasteiger partial charge in [0.2, 0.25) is 10.0 Å². The van der Waals surface area contributed by atoms with E-state index in [4.69, 9.17) is 5.73 Å². The van der Waals surface area contributed by atoms with E-state index >= 15 is 0 Å². The van der Waals surface area contributed by atoms with Crippen LogP contribution in [0.4, 0.5) is 5.82 Å². The number of aromatic nitrogens is 2. The highest BCUT2D eigenvalue weighted by Crippen LogP contribution is 2.19. The molecule has 0 amide bonds. The fourth-order valence-electron chi connectivity index (χ4n) is 1.84. The summed E-state index contributed by atoms with van der Waals surface area (Å²) in [7, 11) is -6.74. The zero-order valence-electron chi connectivity index (χ0n) is 9.46. The second kappa shape index (κ2) is 4.52. The molecule has 4 N–H and O–H groups in total.